The van der Waals surface area contributed by atoms with Gasteiger partial charge in [-0.25, -0.2) is 0 Å². The van der Waals surface area contributed by atoms with E-state index in [-0.39, 0.29) is 0 Å². The van der Waals surface area contributed by atoms with Crippen molar-refractivity contribution in [1.29, 1.82) is 0 Å². The molecule has 1 saturated heterocycles. The van der Waals surface area contributed by atoms with Gasteiger partial charge in [0.15, 0.2) is 0 Å². The summed E-state index contributed by atoms with van der Waals surface area (Å²) < 4.78 is 0. The zero-order valence-corrected chi connectivity index (χ0v) is 13.8. The van der Waals surface area contributed by atoms with Crippen molar-refractivity contribution in [2.75, 3.05) is 13.1 Å². The minimum atomic E-state index is 0.714. The summed E-state index contributed by atoms with van der Waals surface area (Å²) >= 11 is 1.79. The van der Waals surface area contributed by atoms with Crippen molar-refractivity contribution < 1.29 is 0 Å². The van der Waals surface area contributed by atoms with Crippen LogP contribution in [-0.2, 0) is 13.1 Å². The largest absolute Gasteiger partial charge is 0.310 e. The molecule has 0 radical (unpaired) electrons. The third-order valence-electron chi connectivity index (χ3n) is 5.33. The van der Waals surface area contributed by atoms with E-state index >= 15 is 0 Å². The maximum absolute atomic E-state index is 3.82. The Balaban J connectivity index is 1.33. The van der Waals surface area contributed by atoms with Gasteiger partial charge in [-0.3, -0.25) is 4.90 Å². The van der Waals surface area contributed by atoms with Crippen LogP contribution in [0.2, 0.25) is 0 Å². The summed E-state index contributed by atoms with van der Waals surface area (Å²) in [6.07, 6.45) is 2.76. The lowest BCUT2D eigenvalue weighted by Crippen LogP contribution is -2.35. The summed E-state index contributed by atoms with van der Waals surface area (Å²) in [5.74, 6) is 1.76. The summed E-state index contributed by atoms with van der Waals surface area (Å²) in [6, 6.07) is 13.9. The van der Waals surface area contributed by atoms with Gasteiger partial charge in [-0.05, 0) is 52.6 Å². The minimum absolute atomic E-state index is 0.714. The minimum Gasteiger partial charge on any atom is -0.310 e. The Morgan fingerprint density at radius 3 is 2.77 bits per heavy atom. The standard InChI is InChI=1S/C19H24N2S/c1-2-4-15(5-3-1)11-21-12-17-6-7-19(18(17)13-21)20-10-16-8-9-22-14-16/h1-5,8-9,14,17-20H,6-7,10-13H2/t17-,18-,19+/m0/s1. The van der Waals surface area contributed by atoms with Crippen molar-refractivity contribution in [3.05, 3.63) is 58.3 Å². The van der Waals surface area contributed by atoms with E-state index in [1.807, 2.05) is 0 Å². The van der Waals surface area contributed by atoms with Crippen LogP contribution in [0.5, 0.6) is 0 Å². The monoisotopic (exact) mass is 312 g/mol. The lowest BCUT2D eigenvalue weighted by Gasteiger charge is -2.21. The van der Waals surface area contributed by atoms with Crippen LogP contribution in [0.25, 0.3) is 0 Å². The Bertz CT molecular complexity index is 581. The van der Waals surface area contributed by atoms with Crippen LogP contribution in [-0.4, -0.2) is 24.0 Å². The van der Waals surface area contributed by atoms with E-state index in [4.69, 9.17) is 0 Å². The molecule has 2 aliphatic rings. The summed E-state index contributed by atoms with van der Waals surface area (Å²) in [5.41, 5.74) is 2.89. The summed E-state index contributed by atoms with van der Waals surface area (Å²) in [7, 11) is 0. The Kier molecular flexibility index (Phi) is 4.28. The number of likely N-dealkylation sites (tertiary alicyclic amines) is 1. The van der Waals surface area contributed by atoms with E-state index in [0.29, 0.717) is 6.04 Å². The molecule has 22 heavy (non-hydrogen) atoms. The van der Waals surface area contributed by atoms with Gasteiger partial charge in [0.05, 0.1) is 0 Å². The molecule has 1 aromatic carbocycles. The van der Waals surface area contributed by atoms with E-state index < -0.39 is 0 Å². The highest BCUT2D eigenvalue weighted by atomic mass is 32.1. The van der Waals surface area contributed by atoms with Gasteiger partial charge in [0, 0.05) is 32.2 Å². The fraction of sp³-hybridized carbons (Fsp3) is 0.474. The molecule has 3 atom stereocenters. The van der Waals surface area contributed by atoms with Gasteiger partial charge in [-0.1, -0.05) is 30.3 Å². The molecule has 0 amide bonds. The molecule has 4 rings (SSSR count). The number of hydrogen-bond donors (Lipinski definition) is 1. The number of fused-ring (bicyclic) bond motifs is 1. The number of benzene rings is 1. The second-order valence-electron chi connectivity index (χ2n) is 6.80. The topological polar surface area (TPSA) is 15.3 Å². The number of nitrogens with one attached hydrogen (secondary N) is 1. The third-order valence-corrected chi connectivity index (χ3v) is 6.06. The van der Waals surface area contributed by atoms with E-state index in [9.17, 15) is 0 Å². The molecule has 0 spiro atoms. The van der Waals surface area contributed by atoms with E-state index in [1.54, 1.807) is 11.3 Å². The summed E-state index contributed by atoms with van der Waals surface area (Å²) in [4.78, 5) is 2.66. The van der Waals surface area contributed by atoms with E-state index in [2.05, 4.69) is 57.4 Å². The SMILES string of the molecule is c1ccc(CN2C[C@@H]3CC[C@@H](NCc4ccsc4)[C@H]3C2)cc1. The molecule has 1 N–H and O–H groups in total. The molecule has 2 heterocycles. The first-order valence-electron chi connectivity index (χ1n) is 8.39. The van der Waals surface area contributed by atoms with Crippen molar-refractivity contribution in [3.63, 3.8) is 0 Å². The van der Waals surface area contributed by atoms with Crippen molar-refractivity contribution in [1.82, 2.24) is 10.2 Å². The Labute approximate surface area is 137 Å². The molecule has 116 valence electrons. The normalized spacial score (nSPS) is 28.1. The molecule has 1 aliphatic heterocycles. The number of rotatable bonds is 5. The number of nitrogens with zero attached hydrogens (tertiary/aromatic N) is 1. The molecule has 1 aromatic heterocycles. The maximum atomic E-state index is 3.82. The summed E-state index contributed by atoms with van der Waals surface area (Å²) in [6.45, 7) is 4.71. The molecular formula is C19H24N2S. The number of hydrogen-bond acceptors (Lipinski definition) is 3. The molecule has 2 fully saturated rings. The first-order chi connectivity index (χ1) is 10.9. The molecule has 2 aromatic rings. The van der Waals surface area contributed by atoms with Crippen LogP contribution in [0.1, 0.15) is 24.0 Å². The van der Waals surface area contributed by atoms with Crippen molar-refractivity contribution in [2.24, 2.45) is 11.8 Å². The third kappa shape index (κ3) is 3.12. The van der Waals surface area contributed by atoms with E-state index in [1.165, 1.54) is 37.1 Å². The highest BCUT2D eigenvalue weighted by molar-refractivity contribution is 7.07. The van der Waals surface area contributed by atoms with Crippen LogP contribution in [0, 0.1) is 11.8 Å². The van der Waals surface area contributed by atoms with Crippen LogP contribution in [0.15, 0.2) is 47.2 Å². The molecule has 1 aliphatic carbocycles. The zero-order chi connectivity index (χ0) is 14.8. The number of thiophene rings is 1. The lowest BCUT2D eigenvalue weighted by molar-refractivity contribution is 0.288. The maximum Gasteiger partial charge on any atom is 0.0233 e. The first kappa shape index (κ1) is 14.4. The highest BCUT2D eigenvalue weighted by Crippen LogP contribution is 2.38. The Morgan fingerprint density at radius 1 is 1.05 bits per heavy atom. The fourth-order valence-electron chi connectivity index (χ4n) is 4.22. The van der Waals surface area contributed by atoms with Gasteiger partial charge in [0.1, 0.15) is 0 Å². The molecule has 3 heteroatoms. The van der Waals surface area contributed by atoms with Crippen molar-refractivity contribution in [3.8, 4) is 0 Å². The van der Waals surface area contributed by atoms with Crippen LogP contribution >= 0.6 is 11.3 Å². The average Bonchev–Trinajstić information content (AvgIpc) is 3.24. The van der Waals surface area contributed by atoms with Gasteiger partial charge in [0.25, 0.3) is 0 Å². The smallest absolute Gasteiger partial charge is 0.0233 e. The van der Waals surface area contributed by atoms with Gasteiger partial charge in [-0.15, -0.1) is 0 Å². The Morgan fingerprint density at radius 2 is 1.95 bits per heavy atom. The van der Waals surface area contributed by atoms with Gasteiger partial charge >= 0.3 is 0 Å². The predicted octanol–water partition coefficient (Wildman–Crippen LogP) is 3.75. The average molecular weight is 312 g/mol. The molecule has 2 nitrogen and oxygen atoms in total. The van der Waals surface area contributed by atoms with Gasteiger partial charge in [0.2, 0.25) is 0 Å². The molecule has 1 saturated carbocycles. The molecular weight excluding hydrogens is 288 g/mol. The van der Waals surface area contributed by atoms with Crippen LogP contribution in [0.4, 0.5) is 0 Å². The van der Waals surface area contributed by atoms with Crippen LogP contribution in [0.3, 0.4) is 0 Å². The summed E-state index contributed by atoms with van der Waals surface area (Å²) in [5, 5.41) is 8.25. The fourth-order valence-corrected chi connectivity index (χ4v) is 4.89. The van der Waals surface area contributed by atoms with E-state index in [0.717, 1.165) is 24.9 Å². The highest BCUT2D eigenvalue weighted by Gasteiger charge is 2.42. The van der Waals surface area contributed by atoms with Gasteiger partial charge in [-0.2, -0.15) is 11.3 Å². The van der Waals surface area contributed by atoms with Crippen molar-refractivity contribution >= 4 is 11.3 Å². The Hall–Kier alpha value is -1.16. The van der Waals surface area contributed by atoms with Crippen molar-refractivity contribution in [2.45, 2.75) is 32.0 Å². The predicted molar refractivity (Wildman–Crippen MR) is 92.9 cm³/mol. The quantitative estimate of drug-likeness (QED) is 0.904. The zero-order valence-electron chi connectivity index (χ0n) is 12.9. The second-order valence-corrected chi connectivity index (χ2v) is 7.58. The lowest BCUT2D eigenvalue weighted by atomic mass is 9.98. The van der Waals surface area contributed by atoms with Gasteiger partial charge < -0.3 is 5.32 Å². The second kappa shape index (κ2) is 6.53. The molecule has 0 unspecified atom stereocenters. The molecule has 0 bridgehead atoms. The van der Waals surface area contributed by atoms with Crippen LogP contribution < -0.4 is 5.32 Å². The first-order valence-corrected chi connectivity index (χ1v) is 9.33.